The Morgan fingerprint density at radius 1 is 1.06 bits per heavy atom. The van der Waals surface area contributed by atoms with E-state index in [1.807, 2.05) is 36.4 Å². The van der Waals surface area contributed by atoms with Crippen molar-refractivity contribution in [1.82, 2.24) is 10.2 Å². The third-order valence-electron chi connectivity index (χ3n) is 6.82. The van der Waals surface area contributed by atoms with Crippen LogP contribution < -0.4 is 15.0 Å². The highest BCUT2D eigenvalue weighted by Gasteiger charge is 2.31. The zero-order valence-corrected chi connectivity index (χ0v) is 20.3. The fourth-order valence-corrected chi connectivity index (χ4v) is 5.01. The average Bonchev–Trinajstić information content (AvgIpc) is 3.45. The molecule has 1 N–H and O–H groups in total. The predicted molar refractivity (Wildman–Crippen MR) is 134 cm³/mol. The van der Waals surface area contributed by atoms with E-state index in [2.05, 4.69) is 21.2 Å². The highest BCUT2D eigenvalue weighted by atomic mass is 35.5. The van der Waals surface area contributed by atoms with Crippen LogP contribution in [0.4, 0.5) is 5.69 Å². The summed E-state index contributed by atoms with van der Waals surface area (Å²) < 4.78 is 5.87. The van der Waals surface area contributed by atoms with Gasteiger partial charge in [0.15, 0.2) is 0 Å². The molecular formula is C26H31Cl2N3O2. The van der Waals surface area contributed by atoms with E-state index in [4.69, 9.17) is 27.9 Å². The van der Waals surface area contributed by atoms with Gasteiger partial charge in [-0.1, -0.05) is 29.3 Å². The van der Waals surface area contributed by atoms with Gasteiger partial charge in [-0.2, -0.15) is 0 Å². The molecule has 0 aromatic heterocycles. The molecule has 2 aromatic rings. The molecule has 2 atom stereocenters. The van der Waals surface area contributed by atoms with Gasteiger partial charge in [-0.15, -0.1) is 0 Å². The Hall–Kier alpha value is -1.95. The minimum absolute atomic E-state index is 0.00234. The topological polar surface area (TPSA) is 44.8 Å². The summed E-state index contributed by atoms with van der Waals surface area (Å²) >= 11 is 12.5. The van der Waals surface area contributed by atoms with Gasteiger partial charge in [0.1, 0.15) is 5.75 Å². The van der Waals surface area contributed by atoms with Crippen LogP contribution in [0, 0.1) is 5.92 Å². The highest BCUT2D eigenvalue weighted by Crippen LogP contribution is 2.33. The second-order valence-electron chi connectivity index (χ2n) is 9.55. The highest BCUT2D eigenvalue weighted by molar-refractivity contribution is 6.32. The molecule has 3 fully saturated rings. The van der Waals surface area contributed by atoms with Gasteiger partial charge in [0.05, 0.1) is 17.0 Å². The van der Waals surface area contributed by atoms with Crippen molar-refractivity contribution in [2.75, 3.05) is 37.6 Å². The minimum atomic E-state index is -0.00234. The second-order valence-corrected chi connectivity index (χ2v) is 10.4. The van der Waals surface area contributed by atoms with E-state index >= 15 is 0 Å². The van der Waals surface area contributed by atoms with Gasteiger partial charge in [-0.3, -0.25) is 4.79 Å². The number of hydrogen-bond acceptors (Lipinski definition) is 4. The standard InChI is InChI=1S/C26H31Cl2N3O2/c27-20-3-5-22(6-4-20)31-13-10-19(16-31)26(32)29-21(17-30-11-1-12-30)14-18-2-9-25(24(28)15-18)33-23-7-8-23/h2-6,9,15,19,21,23H,1,7-8,10-14,16-17H2,(H,29,32). The molecule has 2 saturated heterocycles. The lowest BCUT2D eigenvalue weighted by atomic mass is 10.0. The Bertz CT molecular complexity index is 976. The molecule has 0 radical (unpaired) electrons. The van der Waals surface area contributed by atoms with E-state index in [1.165, 1.54) is 6.42 Å². The first kappa shape index (κ1) is 22.8. The summed E-state index contributed by atoms with van der Waals surface area (Å²) in [5.41, 5.74) is 2.25. The van der Waals surface area contributed by atoms with E-state index in [1.54, 1.807) is 0 Å². The Balaban J connectivity index is 1.20. The Morgan fingerprint density at radius 2 is 1.85 bits per heavy atom. The third kappa shape index (κ3) is 5.95. The Morgan fingerprint density at radius 3 is 2.52 bits per heavy atom. The van der Waals surface area contributed by atoms with Crippen LogP contribution >= 0.6 is 23.2 Å². The summed E-state index contributed by atoms with van der Waals surface area (Å²) in [7, 11) is 0. The maximum absolute atomic E-state index is 13.2. The molecule has 1 amide bonds. The van der Waals surface area contributed by atoms with Crippen LogP contribution in [-0.2, 0) is 11.2 Å². The van der Waals surface area contributed by atoms with Crippen molar-refractivity contribution in [2.45, 2.75) is 44.2 Å². The summed E-state index contributed by atoms with van der Waals surface area (Å²) in [5, 5.41) is 4.75. The molecule has 7 heteroatoms. The van der Waals surface area contributed by atoms with E-state index in [0.717, 1.165) is 80.4 Å². The minimum Gasteiger partial charge on any atom is -0.489 e. The van der Waals surface area contributed by atoms with Crippen molar-refractivity contribution >= 4 is 34.8 Å². The van der Waals surface area contributed by atoms with Crippen molar-refractivity contribution in [1.29, 1.82) is 0 Å². The molecule has 2 unspecified atom stereocenters. The van der Waals surface area contributed by atoms with Crippen LogP contribution in [0.15, 0.2) is 42.5 Å². The van der Waals surface area contributed by atoms with Gasteiger partial charge in [0.25, 0.3) is 0 Å². The number of carbonyl (C=O) groups is 1. The normalized spacial score (nSPS) is 21.5. The molecule has 2 aromatic carbocycles. The molecule has 33 heavy (non-hydrogen) atoms. The molecule has 0 spiro atoms. The number of hydrogen-bond donors (Lipinski definition) is 1. The van der Waals surface area contributed by atoms with Gasteiger partial charge in [0.2, 0.25) is 5.91 Å². The Labute approximate surface area is 206 Å². The van der Waals surface area contributed by atoms with Gasteiger partial charge in [-0.25, -0.2) is 0 Å². The van der Waals surface area contributed by atoms with E-state index in [0.29, 0.717) is 11.1 Å². The van der Waals surface area contributed by atoms with E-state index in [9.17, 15) is 4.79 Å². The largest absolute Gasteiger partial charge is 0.489 e. The van der Waals surface area contributed by atoms with Crippen LogP contribution in [0.1, 0.15) is 31.2 Å². The maximum atomic E-state index is 13.2. The lowest BCUT2D eigenvalue weighted by Crippen LogP contribution is -2.50. The van der Waals surface area contributed by atoms with Crippen LogP contribution in [0.25, 0.3) is 0 Å². The first-order valence-electron chi connectivity index (χ1n) is 12.0. The molecule has 5 nitrogen and oxygen atoms in total. The number of nitrogens with zero attached hydrogens (tertiary/aromatic N) is 2. The molecule has 2 aliphatic heterocycles. The van der Waals surface area contributed by atoms with Crippen LogP contribution in [0.3, 0.4) is 0 Å². The molecule has 3 aliphatic rings. The zero-order valence-electron chi connectivity index (χ0n) is 18.8. The van der Waals surface area contributed by atoms with Crippen LogP contribution in [-0.4, -0.2) is 55.7 Å². The van der Waals surface area contributed by atoms with Gasteiger partial charge in [0, 0.05) is 36.4 Å². The molecule has 0 bridgehead atoms. The third-order valence-corrected chi connectivity index (χ3v) is 7.37. The number of nitrogens with one attached hydrogen (secondary N) is 1. The van der Waals surface area contributed by atoms with Crippen LogP contribution in [0.2, 0.25) is 10.0 Å². The first-order chi connectivity index (χ1) is 16.0. The lowest BCUT2D eigenvalue weighted by Gasteiger charge is -2.35. The van der Waals surface area contributed by atoms with Gasteiger partial charge >= 0.3 is 0 Å². The number of carbonyl (C=O) groups excluding carboxylic acids is 1. The molecular weight excluding hydrogens is 457 g/mol. The number of halogens is 2. The molecule has 176 valence electrons. The smallest absolute Gasteiger partial charge is 0.225 e. The molecule has 1 aliphatic carbocycles. The number of ether oxygens (including phenoxy) is 1. The zero-order chi connectivity index (χ0) is 22.8. The summed E-state index contributed by atoms with van der Waals surface area (Å²) in [4.78, 5) is 17.9. The maximum Gasteiger partial charge on any atom is 0.225 e. The number of anilines is 1. The van der Waals surface area contributed by atoms with Crippen molar-refractivity contribution in [3.05, 3.63) is 58.1 Å². The van der Waals surface area contributed by atoms with E-state index < -0.39 is 0 Å². The van der Waals surface area contributed by atoms with E-state index in [-0.39, 0.29) is 17.9 Å². The lowest BCUT2D eigenvalue weighted by molar-refractivity contribution is -0.125. The molecule has 1 saturated carbocycles. The molecule has 5 rings (SSSR count). The Kier molecular flexibility index (Phi) is 7.00. The summed E-state index contributed by atoms with van der Waals surface area (Å²) in [5.74, 6) is 0.911. The number of amides is 1. The van der Waals surface area contributed by atoms with Gasteiger partial charge < -0.3 is 19.9 Å². The first-order valence-corrected chi connectivity index (χ1v) is 12.8. The summed E-state index contributed by atoms with van der Waals surface area (Å²) in [6, 6.07) is 14.0. The fourth-order valence-electron chi connectivity index (χ4n) is 4.63. The van der Waals surface area contributed by atoms with Crippen molar-refractivity contribution < 1.29 is 9.53 Å². The predicted octanol–water partition coefficient (Wildman–Crippen LogP) is 4.79. The fraction of sp³-hybridized carbons (Fsp3) is 0.500. The number of likely N-dealkylation sites (tertiary alicyclic amines) is 1. The average molecular weight is 488 g/mol. The van der Waals surface area contributed by atoms with Crippen LogP contribution in [0.5, 0.6) is 5.75 Å². The van der Waals surface area contributed by atoms with Crippen molar-refractivity contribution in [3.63, 3.8) is 0 Å². The molecule has 2 heterocycles. The van der Waals surface area contributed by atoms with Gasteiger partial charge in [-0.05, 0) is 87.2 Å². The number of rotatable bonds is 9. The van der Waals surface area contributed by atoms with Crippen molar-refractivity contribution in [2.24, 2.45) is 5.92 Å². The van der Waals surface area contributed by atoms with Crippen molar-refractivity contribution in [3.8, 4) is 5.75 Å². The quantitative estimate of drug-likeness (QED) is 0.551. The monoisotopic (exact) mass is 487 g/mol. The summed E-state index contributed by atoms with van der Waals surface area (Å²) in [6.45, 7) is 4.71. The second kappa shape index (κ2) is 10.1. The SMILES string of the molecule is O=C(NC(Cc1ccc(OC2CC2)c(Cl)c1)CN1CCC1)C1CCN(c2ccc(Cl)cc2)C1. The summed E-state index contributed by atoms with van der Waals surface area (Å²) in [6.07, 6.45) is 5.41. The number of benzene rings is 2.